The largest absolute Gasteiger partial charge is 0.497 e. The molecule has 12 heteroatoms. The first-order chi connectivity index (χ1) is 26.3. The number of nitrogens with zero attached hydrogens (tertiary/aromatic N) is 4. The lowest BCUT2D eigenvalue weighted by molar-refractivity contribution is -0.104. The molecule has 7 rings (SSSR count). The molecule has 1 aliphatic heterocycles. The first-order valence-corrected chi connectivity index (χ1v) is 18.3. The van der Waals surface area contributed by atoms with Crippen LogP contribution in [-0.2, 0) is 17.9 Å². The molecule has 0 spiro atoms. The van der Waals surface area contributed by atoms with E-state index in [-0.39, 0.29) is 12.4 Å². The van der Waals surface area contributed by atoms with E-state index in [0.29, 0.717) is 45.7 Å². The van der Waals surface area contributed by atoms with Gasteiger partial charge in [0.15, 0.2) is 5.75 Å². The van der Waals surface area contributed by atoms with Crippen molar-refractivity contribution in [3.05, 3.63) is 148 Å². The Kier molecular flexibility index (Phi) is 13.1. The topological polar surface area (TPSA) is 86.3 Å². The summed E-state index contributed by atoms with van der Waals surface area (Å²) in [6.07, 6.45) is 4.03. The summed E-state index contributed by atoms with van der Waals surface area (Å²) in [4.78, 5) is 25.6. The van der Waals surface area contributed by atoms with E-state index in [2.05, 4.69) is 26.9 Å². The van der Waals surface area contributed by atoms with Crippen LogP contribution in [0.5, 0.6) is 34.8 Å². The van der Waals surface area contributed by atoms with E-state index in [0.717, 1.165) is 78.0 Å². The number of ether oxygens (including phenoxy) is 4. The van der Waals surface area contributed by atoms with Crippen molar-refractivity contribution in [3.8, 4) is 34.8 Å². The van der Waals surface area contributed by atoms with E-state index in [4.69, 9.17) is 47.1 Å². The SMILES string of the molecule is COc1ccc(Oc2ccc3cc(CN4CCN(/C(=C/C=O)c5cc(C)c(Oc6ccc(OCc7ccccc7Cl)cn6)c(Cl)c5)CC4)ccc3n2)cc1.Cl. The zero-order valence-corrected chi connectivity index (χ0v) is 32.6. The number of carbonyl (C=O) groups excluding carboxylic acids is 1. The number of aryl methyl sites for hydroxylation is 1. The highest BCUT2D eigenvalue weighted by atomic mass is 35.5. The van der Waals surface area contributed by atoms with Gasteiger partial charge in [0.2, 0.25) is 11.8 Å². The van der Waals surface area contributed by atoms with Crippen molar-refractivity contribution in [2.24, 2.45) is 0 Å². The quantitative estimate of drug-likeness (QED) is 0.0837. The Morgan fingerprint density at radius 1 is 0.800 bits per heavy atom. The van der Waals surface area contributed by atoms with Gasteiger partial charge in [0, 0.05) is 72.6 Å². The lowest BCUT2D eigenvalue weighted by Crippen LogP contribution is -2.45. The average Bonchev–Trinajstić information content (AvgIpc) is 3.19. The molecule has 0 amide bonds. The number of methoxy groups -OCH3 is 1. The first kappa shape index (κ1) is 39.4. The molecule has 0 radical (unpaired) electrons. The van der Waals surface area contributed by atoms with Crippen molar-refractivity contribution >= 4 is 58.5 Å². The fraction of sp³-hybridized carbons (Fsp3) is 0.186. The van der Waals surface area contributed by atoms with Crippen molar-refractivity contribution < 1.29 is 23.7 Å². The highest BCUT2D eigenvalue weighted by molar-refractivity contribution is 6.32. The number of fused-ring (bicyclic) bond motifs is 1. The van der Waals surface area contributed by atoms with Crippen LogP contribution in [0.15, 0.2) is 115 Å². The molecule has 0 aliphatic carbocycles. The second kappa shape index (κ2) is 18.3. The van der Waals surface area contributed by atoms with Gasteiger partial charge in [-0.05, 0) is 90.3 Å². The number of rotatable bonds is 13. The molecule has 6 aromatic rings. The number of carbonyl (C=O) groups is 1. The van der Waals surface area contributed by atoms with E-state index in [1.165, 1.54) is 5.56 Å². The van der Waals surface area contributed by atoms with Gasteiger partial charge in [-0.1, -0.05) is 47.5 Å². The third-order valence-electron chi connectivity index (χ3n) is 9.15. The zero-order chi connectivity index (χ0) is 37.4. The molecule has 0 unspecified atom stereocenters. The monoisotopic (exact) mass is 796 g/mol. The van der Waals surface area contributed by atoms with Crippen LogP contribution in [0.1, 0.15) is 22.3 Å². The first-order valence-electron chi connectivity index (χ1n) is 17.5. The van der Waals surface area contributed by atoms with Gasteiger partial charge in [0.25, 0.3) is 0 Å². The van der Waals surface area contributed by atoms with Crippen LogP contribution in [0.4, 0.5) is 0 Å². The van der Waals surface area contributed by atoms with Gasteiger partial charge in [0.05, 0.1) is 23.8 Å². The van der Waals surface area contributed by atoms with Crippen LogP contribution >= 0.6 is 35.6 Å². The van der Waals surface area contributed by atoms with Crippen molar-refractivity contribution in [1.82, 2.24) is 19.8 Å². The molecule has 282 valence electrons. The number of hydrogen-bond acceptors (Lipinski definition) is 9. The van der Waals surface area contributed by atoms with Gasteiger partial charge in [-0.25, -0.2) is 9.97 Å². The summed E-state index contributed by atoms with van der Waals surface area (Å²) in [5.41, 5.74) is 5.45. The molecule has 9 nitrogen and oxygen atoms in total. The summed E-state index contributed by atoms with van der Waals surface area (Å²) < 4.78 is 23.1. The normalized spacial score (nSPS) is 13.2. The van der Waals surface area contributed by atoms with Gasteiger partial charge in [0.1, 0.15) is 30.1 Å². The lowest BCUT2D eigenvalue weighted by atomic mass is 10.1. The molecule has 0 bridgehead atoms. The number of aromatic nitrogens is 2. The summed E-state index contributed by atoms with van der Waals surface area (Å²) in [6.45, 7) is 6.23. The smallest absolute Gasteiger partial charge is 0.219 e. The van der Waals surface area contributed by atoms with Crippen molar-refractivity contribution in [1.29, 1.82) is 0 Å². The van der Waals surface area contributed by atoms with Crippen LogP contribution in [0.2, 0.25) is 10.0 Å². The van der Waals surface area contributed by atoms with Gasteiger partial charge in [-0.3, -0.25) is 9.69 Å². The van der Waals surface area contributed by atoms with Crippen LogP contribution in [0.25, 0.3) is 16.6 Å². The van der Waals surface area contributed by atoms with Crippen molar-refractivity contribution in [2.45, 2.75) is 20.1 Å². The van der Waals surface area contributed by atoms with Gasteiger partial charge < -0.3 is 23.8 Å². The standard InChI is InChI=1S/C43H38Cl2N4O5.ClH/c1-29-23-33(25-38(45)43(29)54-41-16-13-36(26-46-41)52-28-32-5-3-4-6-37(32)44)40(17-22-50)49-20-18-48(19-21-49)27-30-7-14-39-31(24-30)8-15-42(47-39)53-35-11-9-34(51-2)10-12-35;/h3-17,22-26H,18-21,27-28H2,1-2H3;1H/b40-17+;. The number of piperazine rings is 1. The summed E-state index contributed by atoms with van der Waals surface area (Å²) in [6, 6.07) is 32.6. The second-order valence-electron chi connectivity index (χ2n) is 12.8. The molecule has 1 saturated heterocycles. The fourth-order valence-corrected chi connectivity index (χ4v) is 6.83. The molecule has 2 aromatic heterocycles. The van der Waals surface area contributed by atoms with E-state index in [1.54, 1.807) is 31.5 Å². The maximum Gasteiger partial charge on any atom is 0.219 e. The number of hydrogen-bond donors (Lipinski definition) is 0. The molecular formula is C43H39Cl3N4O5. The highest BCUT2D eigenvalue weighted by Crippen LogP contribution is 2.36. The average molecular weight is 798 g/mol. The Hall–Kier alpha value is -5.32. The third kappa shape index (κ3) is 9.87. The van der Waals surface area contributed by atoms with Crippen LogP contribution < -0.4 is 18.9 Å². The number of benzene rings is 4. The van der Waals surface area contributed by atoms with Gasteiger partial charge in [-0.15, -0.1) is 12.4 Å². The summed E-state index contributed by atoms with van der Waals surface area (Å²) >= 11 is 13.0. The minimum Gasteiger partial charge on any atom is -0.497 e. The minimum atomic E-state index is 0. The summed E-state index contributed by atoms with van der Waals surface area (Å²) in [5, 5.41) is 2.12. The number of aldehydes is 1. The predicted molar refractivity (Wildman–Crippen MR) is 219 cm³/mol. The number of halogens is 3. The number of allylic oxidation sites excluding steroid dienone is 1. The molecular weight excluding hydrogens is 759 g/mol. The van der Waals surface area contributed by atoms with Crippen LogP contribution in [0.3, 0.4) is 0 Å². The Labute approximate surface area is 336 Å². The molecule has 55 heavy (non-hydrogen) atoms. The molecule has 0 N–H and O–H groups in total. The maximum absolute atomic E-state index is 11.8. The Morgan fingerprint density at radius 2 is 1.55 bits per heavy atom. The van der Waals surface area contributed by atoms with Gasteiger partial charge >= 0.3 is 0 Å². The van der Waals surface area contributed by atoms with E-state index >= 15 is 0 Å². The van der Waals surface area contributed by atoms with Crippen LogP contribution in [0, 0.1) is 6.92 Å². The fourth-order valence-electron chi connectivity index (χ4n) is 6.33. The van der Waals surface area contributed by atoms with Crippen LogP contribution in [-0.4, -0.2) is 59.3 Å². The molecule has 1 aliphatic rings. The lowest BCUT2D eigenvalue weighted by Gasteiger charge is -2.37. The minimum absolute atomic E-state index is 0. The summed E-state index contributed by atoms with van der Waals surface area (Å²) in [7, 11) is 1.64. The van der Waals surface area contributed by atoms with E-state index in [1.807, 2.05) is 85.8 Å². The summed E-state index contributed by atoms with van der Waals surface area (Å²) in [5.74, 6) is 3.47. The number of pyridine rings is 2. The molecule has 4 aromatic carbocycles. The zero-order valence-electron chi connectivity index (χ0n) is 30.3. The van der Waals surface area contributed by atoms with Gasteiger partial charge in [-0.2, -0.15) is 0 Å². The van der Waals surface area contributed by atoms with Crippen molar-refractivity contribution in [3.63, 3.8) is 0 Å². The second-order valence-corrected chi connectivity index (χ2v) is 13.6. The third-order valence-corrected chi connectivity index (χ3v) is 9.80. The maximum atomic E-state index is 11.8. The van der Waals surface area contributed by atoms with Crippen molar-refractivity contribution in [2.75, 3.05) is 33.3 Å². The molecule has 0 saturated carbocycles. The predicted octanol–water partition coefficient (Wildman–Crippen LogP) is 10.2. The Morgan fingerprint density at radius 3 is 2.25 bits per heavy atom. The highest BCUT2D eigenvalue weighted by Gasteiger charge is 2.22. The van der Waals surface area contributed by atoms with E-state index in [9.17, 15) is 4.79 Å². The Bertz CT molecular complexity index is 2260. The molecule has 1 fully saturated rings. The Balaban J connectivity index is 0.00000514. The van der Waals surface area contributed by atoms with E-state index < -0.39 is 0 Å². The molecule has 3 heterocycles. The molecule has 0 atom stereocenters.